The Morgan fingerprint density at radius 3 is 2.20 bits per heavy atom. The molecular weight excluding hydrogens is 248 g/mol. The van der Waals surface area contributed by atoms with E-state index < -0.39 is 11.4 Å². The zero-order chi connectivity index (χ0) is 14.3. The minimum absolute atomic E-state index is 0.449. The smallest absolute Gasteiger partial charge is 0.309 e. The van der Waals surface area contributed by atoms with Gasteiger partial charge in [-0.05, 0) is 37.7 Å². The van der Waals surface area contributed by atoms with E-state index in [0.29, 0.717) is 0 Å². The number of carboxylic acids is 1. The van der Waals surface area contributed by atoms with Crippen molar-refractivity contribution in [3.63, 3.8) is 0 Å². The number of aliphatic carboxylic acids is 1. The second kappa shape index (κ2) is 7.47. The van der Waals surface area contributed by atoms with Crippen LogP contribution in [0.1, 0.15) is 63.4 Å². The van der Waals surface area contributed by atoms with E-state index in [0.717, 1.165) is 44.9 Å². The molecule has 0 saturated heterocycles. The van der Waals surface area contributed by atoms with Crippen molar-refractivity contribution in [3.05, 3.63) is 35.9 Å². The maximum absolute atomic E-state index is 11.8. The van der Waals surface area contributed by atoms with E-state index in [9.17, 15) is 9.90 Å². The Hall–Kier alpha value is -1.31. The Morgan fingerprint density at radius 2 is 1.60 bits per heavy atom. The van der Waals surface area contributed by atoms with Crippen molar-refractivity contribution in [2.45, 2.75) is 64.2 Å². The summed E-state index contributed by atoms with van der Waals surface area (Å²) in [6.45, 7) is 0. The Labute approximate surface area is 122 Å². The third-order valence-corrected chi connectivity index (χ3v) is 4.73. The van der Waals surface area contributed by atoms with Crippen LogP contribution < -0.4 is 0 Å². The highest BCUT2D eigenvalue weighted by Crippen LogP contribution is 2.39. The van der Waals surface area contributed by atoms with Crippen LogP contribution in [0.25, 0.3) is 0 Å². The number of carbonyl (C=O) groups is 1. The topological polar surface area (TPSA) is 37.3 Å². The average molecular weight is 274 g/mol. The lowest BCUT2D eigenvalue weighted by Crippen LogP contribution is -2.32. The van der Waals surface area contributed by atoms with E-state index >= 15 is 0 Å². The molecule has 0 aromatic heterocycles. The van der Waals surface area contributed by atoms with Crippen molar-refractivity contribution >= 4 is 5.97 Å². The number of hydrogen-bond donors (Lipinski definition) is 1. The summed E-state index contributed by atoms with van der Waals surface area (Å²) in [5.74, 6) is -0.563. The maximum atomic E-state index is 11.8. The molecule has 0 spiro atoms. The van der Waals surface area contributed by atoms with E-state index in [1.54, 1.807) is 0 Å². The molecule has 0 amide bonds. The molecule has 0 unspecified atom stereocenters. The summed E-state index contributed by atoms with van der Waals surface area (Å²) in [6, 6.07) is 10.4. The average Bonchev–Trinajstić information content (AvgIpc) is 2.42. The standard InChI is InChI=1S/C18H26O2/c19-17(20)18(13-7-2-1-3-8-14-18)15-9-12-16-10-5-4-6-11-16/h4-6,10-11H,1-3,7-9,12-15H2,(H,19,20). The van der Waals surface area contributed by atoms with Crippen molar-refractivity contribution in [2.75, 3.05) is 0 Å². The van der Waals surface area contributed by atoms with Crippen molar-refractivity contribution < 1.29 is 9.90 Å². The first-order valence-electron chi connectivity index (χ1n) is 8.00. The minimum Gasteiger partial charge on any atom is -0.481 e. The van der Waals surface area contributed by atoms with Crippen LogP contribution in [0.4, 0.5) is 0 Å². The summed E-state index contributed by atoms with van der Waals surface area (Å²) >= 11 is 0. The largest absolute Gasteiger partial charge is 0.481 e. The van der Waals surface area contributed by atoms with Crippen LogP contribution >= 0.6 is 0 Å². The first-order chi connectivity index (χ1) is 9.73. The zero-order valence-corrected chi connectivity index (χ0v) is 12.3. The van der Waals surface area contributed by atoms with Gasteiger partial charge >= 0.3 is 5.97 Å². The highest BCUT2D eigenvalue weighted by molar-refractivity contribution is 5.74. The molecule has 1 N–H and O–H groups in total. The van der Waals surface area contributed by atoms with Crippen molar-refractivity contribution in [3.8, 4) is 0 Å². The predicted molar refractivity (Wildman–Crippen MR) is 81.8 cm³/mol. The lowest BCUT2D eigenvalue weighted by molar-refractivity contribution is -0.151. The van der Waals surface area contributed by atoms with Gasteiger partial charge in [0.05, 0.1) is 5.41 Å². The number of aryl methyl sites for hydroxylation is 1. The normalized spacial score (nSPS) is 19.0. The predicted octanol–water partition coefficient (Wildman–Crippen LogP) is 4.82. The minimum atomic E-state index is -0.563. The summed E-state index contributed by atoms with van der Waals surface area (Å²) in [5.41, 5.74) is 0.869. The van der Waals surface area contributed by atoms with Gasteiger partial charge in [-0.3, -0.25) is 4.79 Å². The number of hydrogen-bond acceptors (Lipinski definition) is 1. The molecule has 0 atom stereocenters. The third-order valence-electron chi connectivity index (χ3n) is 4.73. The van der Waals surface area contributed by atoms with Gasteiger partial charge in [-0.25, -0.2) is 0 Å². The Morgan fingerprint density at radius 1 is 1.00 bits per heavy atom. The fourth-order valence-electron chi connectivity index (χ4n) is 3.43. The maximum Gasteiger partial charge on any atom is 0.309 e. The summed E-state index contributed by atoms with van der Waals surface area (Å²) in [6.07, 6.45) is 10.4. The molecule has 0 heterocycles. The van der Waals surface area contributed by atoms with E-state index in [4.69, 9.17) is 0 Å². The van der Waals surface area contributed by atoms with Crippen LogP contribution in [-0.2, 0) is 11.2 Å². The molecule has 1 aromatic rings. The van der Waals surface area contributed by atoms with Crippen LogP contribution in [0, 0.1) is 5.41 Å². The van der Waals surface area contributed by atoms with E-state index in [1.165, 1.54) is 24.8 Å². The molecule has 1 aromatic carbocycles. The molecule has 110 valence electrons. The molecule has 1 fully saturated rings. The first-order valence-corrected chi connectivity index (χ1v) is 8.00. The summed E-state index contributed by atoms with van der Waals surface area (Å²) in [7, 11) is 0. The monoisotopic (exact) mass is 274 g/mol. The van der Waals surface area contributed by atoms with Crippen LogP contribution in [0.3, 0.4) is 0 Å². The molecule has 1 aliphatic carbocycles. The van der Waals surface area contributed by atoms with Gasteiger partial charge in [0.15, 0.2) is 0 Å². The van der Waals surface area contributed by atoms with Crippen molar-refractivity contribution in [2.24, 2.45) is 5.41 Å². The highest BCUT2D eigenvalue weighted by atomic mass is 16.4. The Kier molecular flexibility index (Phi) is 5.63. The van der Waals surface area contributed by atoms with Crippen molar-refractivity contribution in [1.82, 2.24) is 0 Å². The van der Waals surface area contributed by atoms with Gasteiger partial charge < -0.3 is 5.11 Å². The molecule has 0 bridgehead atoms. The number of carboxylic acid groups (broad SMARTS) is 1. The molecular formula is C18H26O2. The van der Waals surface area contributed by atoms with Crippen molar-refractivity contribution in [1.29, 1.82) is 0 Å². The fraction of sp³-hybridized carbons (Fsp3) is 0.611. The SMILES string of the molecule is O=C(O)C1(CCCc2ccccc2)CCCCCCC1. The van der Waals surface area contributed by atoms with Crippen LogP contribution in [0.2, 0.25) is 0 Å². The van der Waals surface area contributed by atoms with E-state index in [1.807, 2.05) is 6.07 Å². The molecule has 2 heteroatoms. The van der Waals surface area contributed by atoms with E-state index in [-0.39, 0.29) is 0 Å². The molecule has 20 heavy (non-hydrogen) atoms. The molecule has 1 aliphatic rings. The molecule has 2 nitrogen and oxygen atoms in total. The van der Waals surface area contributed by atoms with Gasteiger partial charge in [0.1, 0.15) is 0 Å². The van der Waals surface area contributed by atoms with Crippen LogP contribution in [0.15, 0.2) is 30.3 Å². The van der Waals surface area contributed by atoms with E-state index in [2.05, 4.69) is 24.3 Å². The van der Waals surface area contributed by atoms with Gasteiger partial charge in [0.2, 0.25) is 0 Å². The van der Waals surface area contributed by atoms with Gasteiger partial charge in [-0.15, -0.1) is 0 Å². The summed E-state index contributed by atoms with van der Waals surface area (Å²) < 4.78 is 0. The Balaban J connectivity index is 1.92. The third kappa shape index (κ3) is 4.09. The van der Waals surface area contributed by atoms with Gasteiger partial charge in [-0.2, -0.15) is 0 Å². The molecule has 0 aliphatic heterocycles. The van der Waals surface area contributed by atoms with Crippen LogP contribution in [0.5, 0.6) is 0 Å². The van der Waals surface area contributed by atoms with Gasteiger partial charge in [0.25, 0.3) is 0 Å². The molecule has 2 rings (SSSR count). The van der Waals surface area contributed by atoms with Gasteiger partial charge in [-0.1, -0.05) is 62.4 Å². The van der Waals surface area contributed by atoms with Gasteiger partial charge in [0, 0.05) is 0 Å². The Bertz CT molecular complexity index is 403. The summed E-state index contributed by atoms with van der Waals surface area (Å²) in [5, 5.41) is 9.70. The highest BCUT2D eigenvalue weighted by Gasteiger charge is 2.37. The zero-order valence-electron chi connectivity index (χ0n) is 12.3. The summed E-state index contributed by atoms with van der Waals surface area (Å²) in [4.78, 5) is 11.8. The van der Waals surface area contributed by atoms with Crippen LogP contribution in [-0.4, -0.2) is 11.1 Å². The quantitative estimate of drug-likeness (QED) is 0.835. The lowest BCUT2D eigenvalue weighted by atomic mass is 9.72. The first kappa shape index (κ1) is 15.1. The number of rotatable bonds is 5. The molecule has 1 saturated carbocycles. The second-order valence-corrected chi connectivity index (χ2v) is 6.19. The number of benzene rings is 1. The lowest BCUT2D eigenvalue weighted by Gasteiger charge is -2.31. The molecule has 0 radical (unpaired) electrons. The fourth-order valence-corrected chi connectivity index (χ4v) is 3.43. The second-order valence-electron chi connectivity index (χ2n) is 6.19.